The summed E-state index contributed by atoms with van der Waals surface area (Å²) in [6.45, 7) is 4.94. The Morgan fingerprint density at radius 2 is 1.94 bits per heavy atom. The van der Waals surface area contributed by atoms with E-state index >= 15 is 0 Å². The highest BCUT2D eigenvalue weighted by Gasteiger charge is 2.19. The van der Waals surface area contributed by atoms with Crippen molar-refractivity contribution in [3.8, 4) is 22.4 Å². The smallest absolute Gasteiger partial charge is 0.256 e. The minimum Gasteiger partial charge on any atom is -0.494 e. The quantitative estimate of drug-likeness (QED) is 0.354. The summed E-state index contributed by atoms with van der Waals surface area (Å²) in [7, 11) is 0. The van der Waals surface area contributed by atoms with E-state index in [1.807, 2.05) is 37.3 Å². The first-order chi connectivity index (χ1) is 16.1. The van der Waals surface area contributed by atoms with E-state index in [-0.39, 0.29) is 12.7 Å². The molecule has 0 saturated carbocycles. The molecule has 0 fully saturated rings. The molecule has 8 nitrogen and oxygen atoms in total. The van der Waals surface area contributed by atoms with Gasteiger partial charge < -0.3 is 19.5 Å². The summed E-state index contributed by atoms with van der Waals surface area (Å²) in [4.78, 5) is 17.6. The third-order valence-electron chi connectivity index (χ3n) is 5.26. The van der Waals surface area contributed by atoms with Crippen molar-refractivity contribution < 1.29 is 19.0 Å². The van der Waals surface area contributed by atoms with Crippen molar-refractivity contribution in [3.05, 3.63) is 53.7 Å². The van der Waals surface area contributed by atoms with Crippen LogP contribution in [0, 0.1) is 6.92 Å². The molecule has 1 N–H and O–H groups in total. The number of aryl methyl sites for hydroxylation is 1. The van der Waals surface area contributed by atoms with Crippen molar-refractivity contribution in [2.24, 2.45) is 0 Å². The van der Waals surface area contributed by atoms with Crippen LogP contribution in [0.5, 0.6) is 17.2 Å². The Morgan fingerprint density at radius 3 is 2.73 bits per heavy atom. The molecule has 5 rings (SSSR count). The normalized spacial score (nSPS) is 12.3. The number of amides is 1. The lowest BCUT2D eigenvalue weighted by atomic mass is 10.2. The zero-order valence-electron chi connectivity index (χ0n) is 18.5. The number of aromatic nitrogens is 3. The third-order valence-corrected chi connectivity index (χ3v) is 6.25. The molecule has 0 saturated heterocycles. The second-order valence-corrected chi connectivity index (χ2v) is 8.80. The van der Waals surface area contributed by atoms with Gasteiger partial charge in [0.05, 0.1) is 22.5 Å². The first kappa shape index (κ1) is 21.3. The largest absolute Gasteiger partial charge is 0.494 e. The molecule has 2 aromatic heterocycles. The van der Waals surface area contributed by atoms with Gasteiger partial charge in [-0.3, -0.25) is 4.79 Å². The molecular formula is C24H24N4O4S. The van der Waals surface area contributed by atoms with Crippen molar-refractivity contribution in [2.75, 3.05) is 18.7 Å². The lowest BCUT2D eigenvalue weighted by molar-refractivity contribution is 0.102. The van der Waals surface area contributed by atoms with Crippen LogP contribution in [0.2, 0.25) is 0 Å². The number of carbonyl (C=O) groups excluding carboxylic acids is 1. The number of benzene rings is 2. The van der Waals surface area contributed by atoms with Crippen LogP contribution >= 0.6 is 11.3 Å². The molecule has 1 amide bonds. The molecular weight excluding hydrogens is 440 g/mol. The fraction of sp³-hybridized carbons (Fsp3) is 0.292. The molecule has 2 aromatic carbocycles. The van der Waals surface area contributed by atoms with Gasteiger partial charge in [0.25, 0.3) is 5.91 Å². The second-order valence-electron chi connectivity index (χ2n) is 7.79. The molecule has 9 heteroatoms. The van der Waals surface area contributed by atoms with Gasteiger partial charge in [-0.15, -0.1) is 0 Å². The number of ether oxygens (including phenoxy) is 3. The number of anilines is 1. The third kappa shape index (κ3) is 4.49. The molecule has 0 unspecified atom stereocenters. The maximum Gasteiger partial charge on any atom is 0.256 e. The van der Waals surface area contributed by atoms with Gasteiger partial charge in [-0.05, 0) is 37.6 Å². The van der Waals surface area contributed by atoms with Crippen LogP contribution in [0.25, 0.3) is 15.3 Å². The molecule has 1 aliphatic heterocycles. The predicted molar refractivity (Wildman–Crippen MR) is 127 cm³/mol. The Balaban J connectivity index is 1.33. The van der Waals surface area contributed by atoms with Crippen molar-refractivity contribution in [3.63, 3.8) is 0 Å². The number of carbonyl (C=O) groups is 1. The standard InChI is InChI=1S/C24H24N4O4S/c1-3-4-5-10-30-17-8-6-16(7-9-17)23(29)26-22-11-15(2)27-28(22)24-25-18-12-19-20(32-14-31-19)13-21(18)33-24/h6-9,11-13H,3-5,10,14H2,1-2H3,(H,26,29). The van der Waals surface area contributed by atoms with Crippen molar-refractivity contribution in [1.82, 2.24) is 14.8 Å². The molecule has 33 heavy (non-hydrogen) atoms. The van der Waals surface area contributed by atoms with E-state index in [0.29, 0.717) is 34.6 Å². The molecule has 170 valence electrons. The van der Waals surface area contributed by atoms with Crippen LogP contribution in [0.1, 0.15) is 42.2 Å². The lowest BCUT2D eigenvalue weighted by Crippen LogP contribution is -2.15. The fourth-order valence-electron chi connectivity index (χ4n) is 3.56. The highest BCUT2D eigenvalue weighted by molar-refractivity contribution is 7.20. The summed E-state index contributed by atoms with van der Waals surface area (Å²) >= 11 is 1.47. The number of hydrogen-bond acceptors (Lipinski definition) is 7. The van der Waals surface area contributed by atoms with Crippen molar-refractivity contribution >= 4 is 33.3 Å². The number of nitrogens with zero attached hydrogens (tertiary/aromatic N) is 3. The van der Waals surface area contributed by atoms with Gasteiger partial charge in [0.15, 0.2) is 11.5 Å². The lowest BCUT2D eigenvalue weighted by Gasteiger charge is -2.08. The number of thiazole rings is 1. The number of nitrogens with one attached hydrogen (secondary N) is 1. The van der Waals surface area contributed by atoms with E-state index < -0.39 is 0 Å². The van der Waals surface area contributed by atoms with Crippen LogP contribution < -0.4 is 19.5 Å². The number of fused-ring (bicyclic) bond motifs is 2. The number of hydrogen-bond donors (Lipinski definition) is 1. The Kier molecular flexibility index (Phi) is 5.87. The van der Waals surface area contributed by atoms with Crippen molar-refractivity contribution in [2.45, 2.75) is 33.1 Å². The first-order valence-electron chi connectivity index (χ1n) is 10.9. The number of unbranched alkanes of at least 4 members (excludes halogenated alkanes) is 2. The molecule has 1 aliphatic rings. The van der Waals surface area contributed by atoms with Gasteiger partial charge in [0.1, 0.15) is 11.6 Å². The van der Waals surface area contributed by atoms with E-state index in [9.17, 15) is 4.79 Å². The van der Waals surface area contributed by atoms with Crippen molar-refractivity contribution in [1.29, 1.82) is 0 Å². The van der Waals surface area contributed by atoms with E-state index in [4.69, 9.17) is 14.2 Å². The summed E-state index contributed by atoms with van der Waals surface area (Å²) in [5.74, 6) is 2.48. The Bertz CT molecular complexity index is 1260. The zero-order valence-corrected chi connectivity index (χ0v) is 19.3. The Labute approximate surface area is 195 Å². The first-order valence-corrected chi connectivity index (χ1v) is 11.7. The van der Waals surface area contributed by atoms with Gasteiger partial charge in [-0.25, -0.2) is 4.98 Å². The van der Waals surface area contributed by atoms with E-state index in [1.54, 1.807) is 16.8 Å². The van der Waals surface area contributed by atoms with Crippen LogP contribution in [0.4, 0.5) is 5.82 Å². The molecule has 3 heterocycles. The topological polar surface area (TPSA) is 87.5 Å². The average Bonchev–Trinajstić information content (AvgIpc) is 3.53. The highest BCUT2D eigenvalue weighted by atomic mass is 32.1. The van der Waals surface area contributed by atoms with Crippen LogP contribution in [0.15, 0.2) is 42.5 Å². The highest BCUT2D eigenvalue weighted by Crippen LogP contribution is 2.39. The van der Waals surface area contributed by atoms with Gasteiger partial charge in [0.2, 0.25) is 11.9 Å². The van der Waals surface area contributed by atoms with Crippen LogP contribution in [-0.4, -0.2) is 34.1 Å². The van der Waals surface area contributed by atoms with Crippen LogP contribution in [0.3, 0.4) is 0 Å². The average molecular weight is 465 g/mol. The molecule has 0 spiro atoms. The Hall–Kier alpha value is -3.59. The van der Waals surface area contributed by atoms with E-state index in [2.05, 4.69) is 22.3 Å². The summed E-state index contributed by atoms with van der Waals surface area (Å²) in [6.07, 6.45) is 3.32. The van der Waals surface area contributed by atoms with Gasteiger partial charge in [-0.2, -0.15) is 9.78 Å². The fourth-order valence-corrected chi connectivity index (χ4v) is 4.51. The van der Waals surface area contributed by atoms with Gasteiger partial charge >= 0.3 is 0 Å². The second kappa shape index (κ2) is 9.11. The monoisotopic (exact) mass is 464 g/mol. The SMILES string of the molecule is CCCCCOc1ccc(C(=O)Nc2cc(C)nn2-c2nc3cc4c(cc3s2)OCO4)cc1. The molecule has 0 aliphatic carbocycles. The molecule has 0 bridgehead atoms. The minimum atomic E-state index is -0.226. The molecule has 0 radical (unpaired) electrons. The maximum absolute atomic E-state index is 12.9. The molecule has 4 aromatic rings. The van der Waals surface area contributed by atoms with E-state index in [1.165, 1.54) is 11.3 Å². The Morgan fingerprint density at radius 1 is 1.15 bits per heavy atom. The van der Waals surface area contributed by atoms with E-state index in [0.717, 1.165) is 40.9 Å². The number of rotatable bonds is 8. The van der Waals surface area contributed by atoms with Gasteiger partial charge in [0, 0.05) is 23.8 Å². The summed E-state index contributed by atoms with van der Waals surface area (Å²) < 4.78 is 19.2. The maximum atomic E-state index is 12.9. The predicted octanol–water partition coefficient (Wildman–Crippen LogP) is 5.34. The molecule has 0 atom stereocenters. The summed E-state index contributed by atoms with van der Waals surface area (Å²) in [5.41, 5.74) is 2.10. The zero-order chi connectivity index (χ0) is 22.8. The minimum absolute atomic E-state index is 0.222. The van der Waals surface area contributed by atoms with Gasteiger partial charge in [-0.1, -0.05) is 31.1 Å². The summed E-state index contributed by atoms with van der Waals surface area (Å²) in [5, 5.41) is 8.13. The summed E-state index contributed by atoms with van der Waals surface area (Å²) in [6, 6.07) is 12.8. The van der Waals surface area contributed by atoms with Crippen LogP contribution in [-0.2, 0) is 0 Å².